The molecule has 1 aliphatic carbocycles. The average Bonchev–Trinajstić information content (AvgIpc) is 3.22. The Morgan fingerprint density at radius 2 is 2.05 bits per heavy atom. The van der Waals surface area contributed by atoms with Gasteiger partial charge in [-0.05, 0) is 49.4 Å². The fraction of sp³-hybridized carbons (Fsp3) is 0.294. The molecular formula is C17H18N2O2S. The smallest absolute Gasteiger partial charge is 0.251 e. The first-order valence-corrected chi connectivity index (χ1v) is 8.26. The largest absolute Gasteiger partial charge is 0.345 e. The standard InChI is InChI=1S/C17H18N2O2S/c1-11(15-6-3-9-22-15)18-17(21)13-4-2-5-14(10-13)19-16(20)12-7-8-12/h2-6,9-12H,7-8H2,1H3,(H,18,21)(H,19,20)/t11-/m1/s1. The second-order valence-corrected chi connectivity index (χ2v) is 6.53. The van der Waals surface area contributed by atoms with Crippen molar-refractivity contribution in [3.8, 4) is 0 Å². The van der Waals surface area contributed by atoms with Gasteiger partial charge in [0.1, 0.15) is 0 Å². The second kappa shape index (κ2) is 6.32. The molecule has 2 N–H and O–H groups in total. The molecule has 1 aromatic heterocycles. The van der Waals surface area contributed by atoms with E-state index >= 15 is 0 Å². The quantitative estimate of drug-likeness (QED) is 0.886. The van der Waals surface area contributed by atoms with Crippen LogP contribution in [0.25, 0.3) is 0 Å². The van der Waals surface area contributed by atoms with E-state index in [9.17, 15) is 9.59 Å². The number of hydrogen-bond donors (Lipinski definition) is 2. The van der Waals surface area contributed by atoms with Crippen molar-refractivity contribution in [3.63, 3.8) is 0 Å². The Kier molecular flexibility index (Phi) is 4.24. The maximum absolute atomic E-state index is 12.3. The number of rotatable bonds is 5. The summed E-state index contributed by atoms with van der Waals surface area (Å²) in [7, 11) is 0. The maximum atomic E-state index is 12.3. The number of carbonyl (C=O) groups excluding carboxylic acids is 2. The molecule has 0 saturated heterocycles. The van der Waals surface area contributed by atoms with Gasteiger partial charge in [-0.2, -0.15) is 0 Å². The van der Waals surface area contributed by atoms with Crippen LogP contribution in [0.4, 0.5) is 5.69 Å². The second-order valence-electron chi connectivity index (χ2n) is 5.55. The normalized spacial score (nSPS) is 15.1. The summed E-state index contributed by atoms with van der Waals surface area (Å²) in [5.74, 6) is 0.0595. The van der Waals surface area contributed by atoms with Crippen LogP contribution in [0.3, 0.4) is 0 Å². The highest BCUT2D eigenvalue weighted by Crippen LogP contribution is 2.30. The molecule has 5 heteroatoms. The third-order valence-electron chi connectivity index (χ3n) is 3.66. The Hall–Kier alpha value is -2.14. The van der Waals surface area contributed by atoms with Gasteiger partial charge in [0, 0.05) is 22.0 Å². The molecule has 1 atom stereocenters. The molecule has 114 valence electrons. The van der Waals surface area contributed by atoms with E-state index in [0.29, 0.717) is 11.3 Å². The third-order valence-corrected chi connectivity index (χ3v) is 4.71. The van der Waals surface area contributed by atoms with Gasteiger partial charge in [0.2, 0.25) is 5.91 Å². The fourth-order valence-electron chi connectivity index (χ4n) is 2.22. The SMILES string of the molecule is C[C@@H](NC(=O)c1cccc(NC(=O)C2CC2)c1)c1cccs1. The molecule has 1 heterocycles. The summed E-state index contributed by atoms with van der Waals surface area (Å²) in [5.41, 5.74) is 1.23. The zero-order valence-corrected chi connectivity index (χ0v) is 13.2. The minimum atomic E-state index is -0.136. The molecule has 2 aromatic rings. The molecule has 3 rings (SSSR count). The van der Waals surface area contributed by atoms with Crippen molar-refractivity contribution in [2.24, 2.45) is 5.92 Å². The van der Waals surface area contributed by atoms with Crippen LogP contribution in [0, 0.1) is 5.92 Å². The topological polar surface area (TPSA) is 58.2 Å². The molecule has 1 aromatic carbocycles. The number of carbonyl (C=O) groups is 2. The Morgan fingerprint density at radius 3 is 2.73 bits per heavy atom. The molecule has 0 spiro atoms. The third kappa shape index (κ3) is 3.54. The van der Waals surface area contributed by atoms with Crippen molar-refractivity contribution in [1.82, 2.24) is 5.32 Å². The number of anilines is 1. The van der Waals surface area contributed by atoms with Crippen LogP contribution in [-0.2, 0) is 4.79 Å². The van der Waals surface area contributed by atoms with Crippen LogP contribution >= 0.6 is 11.3 Å². The van der Waals surface area contributed by atoms with E-state index in [-0.39, 0.29) is 23.8 Å². The van der Waals surface area contributed by atoms with Gasteiger partial charge >= 0.3 is 0 Å². The highest BCUT2D eigenvalue weighted by Gasteiger charge is 2.29. The van der Waals surface area contributed by atoms with Crippen molar-refractivity contribution in [2.75, 3.05) is 5.32 Å². The average molecular weight is 314 g/mol. The number of nitrogens with one attached hydrogen (secondary N) is 2. The van der Waals surface area contributed by atoms with E-state index in [0.717, 1.165) is 17.7 Å². The van der Waals surface area contributed by atoms with E-state index in [2.05, 4.69) is 10.6 Å². The molecule has 1 saturated carbocycles. The molecule has 1 aliphatic rings. The first kappa shape index (κ1) is 14.8. The summed E-state index contributed by atoms with van der Waals surface area (Å²) in [6.45, 7) is 1.96. The van der Waals surface area contributed by atoms with Crippen LogP contribution in [0.2, 0.25) is 0 Å². The van der Waals surface area contributed by atoms with Crippen LogP contribution < -0.4 is 10.6 Å². The fourth-order valence-corrected chi connectivity index (χ4v) is 2.95. The van der Waals surface area contributed by atoms with Gasteiger partial charge in [0.05, 0.1) is 6.04 Å². The van der Waals surface area contributed by atoms with E-state index < -0.39 is 0 Å². The van der Waals surface area contributed by atoms with E-state index in [1.807, 2.05) is 24.4 Å². The van der Waals surface area contributed by atoms with Crippen LogP contribution in [0.5, 0.6) is 0 Å². The van der Waals surface area contributed by atoms with Gasteiger partial charge in [-0.1, -0.05) is 12.1 Å². The molecular weight excluding hydrogens is 296 g/mol. The number of hydrogen-bond acceptors (Lipinski definition) is 3. The summed E-state index contributed by atoms with van der Waals surface area (Å²) in [6, 6.07) is 11.0. The monoisotopic (exact) mass is 314 g/mol. The minimum Gasteiger partial charge on any atom is -0.345 e. The number of thiophene rings is 1. The Morgan fingerprint density at radius 1 is 1.23 bits per heavy atom. The van der Waals surface area contributed by atoms with Crippen LogP contribution in [-0.4, -0.2) is 11.8 Å². The van der Waals surface area contributed by atoms with Gasteiger partial charge in [0.25, 0.3) is 5.91 Å². The lowest BCUT2D eigenvalue weighted by Crippen LogP contribution is -2.26. The predicted octanol–water partition coefficient (Wildman–Crippen LogP) is 3.59. The van der Waals surface area contributed by atoms with E-state index in [1.165, 1.54) is 0 Å². The summed E-state index contributed by atoms with van der Waals surface area (Å²) >= 11 is 1.62. The molecule has 2 amide bonds. The van der Waals surface area contributed by atoms with E-state index in [4.69, 9.17) is 0 Å². The lowest BCUT2D eigenvalue weighted by atomic mass is 10.1. The molecule has 1 fully saturated rings. The lowest BCUT2D eigenvalue weighted by molar-refractivity contribution is -0.117. The molecule has 22 heavy (non-hydrogen) atoms. The first-order chi connectivity index (χ1) is 10.6. The molecule has 0 bridgehead atoms. The first-order valence-electron chi connectivity index (χ1n) is 7.38. The van der Waals surface area contributed by atoms with E-state index in [1.54, 1.807) is 35.6 Å². The summed E-state index contributed by atoms with van der Waals surface area (Å²) in [4.78, 5) is 25.2. The summed E-state index contributed by atoms with van der Waals surface area (Å²) in [5, 5.41) is 7.83. The zero-order valence-electron chi connectivity index (χ0n) is 12.3. The molecule has 0 radical (unpaired) electrons. The van der Waals surface area contributed by atoms with Crippen molar-refractivity contribution in [2.45, 2.75) is 25.8 Å². The van der Waals surface area contributed by atoms with Gasteiger partial charge in [-0.25, -0.2) is 0 Å². The zero-order chi connectivity index (χ0) is 15.5. The van der Waals surface area contributed by atoms with Gasteiger partial charge in [-0.3, -0.25) is 9.59 Å². The Balaban J connectivity index is 1.65. The van der Waals surface area contributed by atoms with Gasteiger partial charge in [0.15, 0.2) is 0 Å². The maximum Gasteiger partial charge on any atom is 0.251 e. The number of benzene rings is 1. The summed E-state index contributed by atoms with van der Waals surface area (Å²) < 4.78 is 0. The highest BCUT2D eigenvalue weighted by atomic mass is 32.1. The van der Waals surface area contributed by atoms with Crippen molar-refractivity contribution < 1.29 is 9.59 Å². The Bertz CT molecular complexity index is 678. The molecule has 4 nitrogen and oxygen atoms in total. The lowest BCUT2D eigenvalue weighted by Gasteiger charge is -2.13. The predicted molar refractivity (Wildman–Crippen MR) is 88.0 cm³/mol. The van der Waals surface area contributed by atoms with Gasteiger partial charge < -0.3 is 10.6 Å². The van der Waals surface area contributed by atoms with Crippen molar-refractivity contribution >= 4 is 28.8 Å². The van der Waals surface area contributed by atoms with Crippen molar-refractivity contribution in [1.29, 1.82) is 0 Å². The van der Waals surface area contributed by atoms with Crippen LogP contribution in [0.1, 0.15) is 41.0 Å². The van der Waals surface area contributed by atoms with Crippen LogP contribution in [0.15, 0.2) is 41.8 Å². The number of amides is 2. The summed E-state index contributed by atoms with van der Waals surface area (Å²) in [6.07, 6.45) is 1.93. The van der Waals surface area contributed by atoms with Gasteiger partial charge in [-0.15, -0.1) is 11.3 Å². The Labute approximate surface area is 133 Å². The molecule has 0 unspecified atom stereocenters. The molecule has 0 aliphatic heterocycles. The minimum absolute atomic E-state index is 0.0304. The van der Waals surface area contributed by atoms with Crippen molar-refractivity contribution in [3.05, 3.63) is 52.2 Å². The highest BCUT2D eigenvalue weighted by molar-refractivity contribution is 7.10.